The van der Waals surface area contributed by atoms with Crippen molar-refractivity contribution < 1.29 is 47.3 Å². The number of pyridine rings is 1. The summed E-state index contributed by atoms with van der Waals surface area (Å²) in [4.78, 5) is 59.9. The molecule has 0 radical (unpaired) electrons. The van der Waals surface area contributed by atoms with Crippen LogP contribution in [-0.2, 0) is 23.8 Å². The summed E-state index contributed by atoms with van der Waals surface area (Å²) >= 11 is 0. The lowest BCUT2D eigenvalue weighted by molar-refractivity contribution is -0.136. The van der Waals surface area contributed by atoms with E-state index in [0.29, 0.717) is 44.3 Å². The van der Waals surface area contributed by atoms with Crippen molar-refractivity contribution in [2.75, 3.05) is 77.3 Å². The molecule has 17 heteroatoms. The van der Waals surface area contributed by atoms with E-state index in [9.17, 15) is 23.6 Å². The van der Waals surface area contributed by atoms with E-state index in [1.165, 1.54) is 18.2 Å². The zero-order chi connectivity index (χ0) is 40.8. The van der Waals surface area contributed by atoms with Gasteiger partial charge in [-0.25, -0.2) is 9.37 Å². The van der Waals surface area contributed by atoms with E-state index in [4.69, 9.17) is 23.7 Å². The standard InChI is InChI=1S/C41H48FN7O9/c1-25(2)58-35-22-31-33(23-32(35)42)45-46-38(31)27-8-9-43-36(20-27)48-11-10-47(26(3)24-48)12-13-54-14-15-55-16-17-56-18-19-57-28-4-5-29-30(21-28)41(53)49(40(29)52)34-6-7-37(50)44-39(34)51/h4-5,8-9,20-23,25-26,34H,6-7,10-19,24H2,1-3H3,(H,45,46)(H,44,50,51)/t26-,34?/m0/s1. The first-order chi connectivity index (χ1) is 28.1. The number of aromatic nitrogens is 3. The number of aromatic amines is 1. The quantitative estimate of drug-likeness (QED) is 0.110. The number of nitrogens with zero attached hydrogens (tertiary/aromatic N) is 5. The van der Waals surface area contributed by atoms with E-state index in [2.05, 4.69) is 37.2 Å². The minimum Gasteiger partial charge on any atom is -0.491 e. The van der Waals surface area contributed by atoms with Gasteiger partial charge < -0.3 is 28.6 Å². The highest BCUT2D eigenvalue weighted by Crippen LogP contribution is 2.33. The zero-order valence-electron chi connectivity index (χ0n) is 32.8. The van der Waals surface area contributed by atoms with Crippen LogP contribution in [0, 0.1) is 5.82 Å². The summed E-state index contributed by atoms with van der Waals surface area (Å²) in [7, 11) is 0. The van der Waals surface area contributed by atoms with Crippen LogP contribution in [0.2, 0.25) is 0 Å². The molecule has 7 rings (SSSR count). The Balaban J connectivity index is 0.752. The van der Waals surface area contributed by atoms with Gasteiger partial charge in [-0.1, -0.05) is 0 Å². The van der Waals surface area contributed by atoms with Gasteiger partial charge in [0.15, 0.2) is 11.6 Å². The first-order valence-corrected chi connectivity index (χ1v) is 19.6. The molecule has 2 atom stereocenters. The Morgan fingerprint density at radius 1 is 0.879 bits per heavy atom. The van der Waals surface area contributed by atoms with E-state index in [-0.39, 0.29) is 55.1 Å². The highest BCUT2D eigenvalue weighted by atomic mass is 19.1. The number of nitrogens with one attached hydrogen (secondary N) is 2. The molecular formula is C41H48FN7O9. The molecule has 2 N–H and O–H groups in total. The second-order valence-corrected chi connectivity index (χ2v) is 14.6. The van der Waals surface area contributed by atoms with Gasteiger partial charge in [0, 0.05) is 61.9 Å². The number of piperazine rings is 1. The van der Waals surface area contributed by atoms with Crippen molar-refractivity contribution in [2.45, 2.75) is 51.8 Å². The Morgan fingerprint density at radius 2 is 1.62 bits per heavy atom. The highest BCUT2D eigenvalue weighted by molar-refractivity contribution is 6.23. The number of carbonyl (C=O) groups excluding carboxylic acids is 4. The van der Waals surface area contributed by atoms with Crippen molar-refractivity contribution in [3.05, 3.63) is 65.6 Å². The van der Waals surface area contributed by atoms with Crippen LogP contribution in [-0.4, -0.2) is 139 Å². The van der Waals surface area contributed by atoms with Gasteiger partial charge in [-0.15, -0.1) is 0 Å². The third kappa shape index (κ3) is 9.28. The van der Waals surface area contributed by atoms with Crippen molar-refractivity contribution in [3.63, 3.8) is 0 Å². The van der Waals surface area contributed by atoms with E-state index in [0.717, 1.165) is 53.5 Å². The maximum atomic E-state index is 14.6. The van der Waals surface area contributed by atoms with Gasteiger partial charge >= 0.3 is 0 Å². The van der Waals surface area contributed by atoms with Crippen molar-refractivity contribution in [2.24, 2.45) is 0 Å². The molecule has 0 bridgehead atoms. The number of piperidine rings is 1. The molecule has 0 spiro atoms. The van der Waals surface area contributed by atoms with Crippen molar-refractivity contribution in [1.29, 1.82) is 0 Å². The number of carbonyl (C=O) groups is 4. The summed E-state index contributed by atoms with van der Waals surface area (Å²) in [5, 5.41) is 10.4. The van der Waals surface area contributed by atoms with Gasteiger partial charge in [0.25, 0.3) is 11.8 Å². The highest BCUT2D eigenvalue weighted by Gasteiger charge is 2.44. The van der Waals surface area contributed by atoms with Crippen molar-refractivity contribution >= 4 is 40.3 Å². The van der Waals surface area contributed by atoms with Crippen molar-refractivity contribution in [3.8, 4) is 22.8 Å². The fraction of sp³-hybridized carbons (Fsp3) is 0.463. The summed E-state index contributed by atoms with van der Waals surface area (Å²) in [6.07, 6.45) is 1.78. The molecule has 2 fully saturated rings. The second-order valence-electron chi connectivity index (χ2n) is 14.6. The molecule has 1 unspecified atom stereocenters. The number of H-pyrrole nitrogens is 1. The van der Waals surface area contributed by atoms with E-state index >= 15 is 0 Å². The number of rotatable bonds is 18. The number of fused-ring (bicyclic) bond motifs is 2. The second kappa shape index (κ2) is 18.4. The predicted molar refractivity (Wildman–Crippen MR) is 209 cm³/mol. The monoisotopic (exact) mass is 801 g/mol. The molecule has 0 aliphatic carbocycles. The van der Waals surface area contributed by atoms with Crippen LogP contribution in [0.5, 0.6) is 11.5 Å². The third-order valence-corrected chi connectivity index (χ3v) is 10.3. The Hall–Kier alpha value is -5.49. The summed E-state index contributed by atoms with van der Waals surface area (Å²) in [5.41, 5.74) is 2.56. The molecule has 58 heavy (non-hydrogen) atoms. The largest absolute Gasteiger partial charge is 0.491 e. The summed E-state index contributed by atoms with van der Waals surface area (Å²) in [6.45, 7) is 12.0. The van der Waals surface area contributed by atoms with Gasteiger partial charge in [-0.05, 0) is 63.6 Å². The molecule has 2 aromatic heterocycles. The maximum Gasteiger partial charge on any atom is 0.262 e. The van der Waals surface area contributed by atoms with Crippen molar-refractivity contribution in [1.82, 2.24) is 30.3 Å². The Kier molecular flexibility index (Phi) is 12.9. The predicted octanol–water partition coefficient (Wildman–Crippen LogP) is 3.59. The molecule has 5 heterocycles. The molecule has 4 aromatic rings. The van der Waals surface area contributed by atoms with Crippen LogP contribution in [0.4, 0.5) is 10.2 Å². The van der Waals surface area contributed by atoms with Gasteiger partial charge in [0.05, 0.1) is 62.4 Å². The lowest BCUT2D eigenvalue weighted by Crippen LogP contribution is -2.54. The molecular weight excluding hydrogens is 753 g/mol. The van der Waals surface area contributed by atoms with Gasteiger partial charge in [-0.2, -0.15) is 5.10 Å². The number of hydrogen-bond acceptors (Lipinski definition) is 13. The third-order valence-electron chi connectivity index (χ3n) is 10.3. The SMILES string of the molecule is CC(C)Oc1cc2c(-c3ccnc(N4CCN(CCOCCOCCOCCOc5ccc6c(c5)C(=O)N(C5CCC(=O)NC5=O)C6=O)[C@@H](C)C4)c3)n[nH]c2cc1F. The van der Waals surface area contributed by atoms with Gasteiger partial charge in [0.2, 0.25) is 11.8 Å². The molecule has 2 saturated heterocycles. The number of amides is 4. The Labute approximate surface area is 334 Å². The van der Waals surface area contributed by atoms with E-state index in [1.807, 2.05) is 26.0 Å². The fourth-order valence-corrected chi connectivity index (χ4v) is 7.34. The molecule has 4 amide bonds. The molecule has 0 saturated carbocycles. The van der Waals surface area contributed by atoms with Crippen LogP contribution in [0.15, 0.2) is 48.7 Å². The average molecular weight is 802 g/mol. The average Bonchev–Trinajstić information content (AvgIpc) is 3.72. The number of benzene rings is 2. The van der Waals surface area contributed by atoms with Crippen LogP contribution < -0.4 is 19.7 Å². The number of hydrogen-bond donors (Lipinski definition) is 2. The first-order valence-electron chi connectivity index (χ1n) is 19.6. The molecule has 16 nitrogen and oxygen atoms in total. The lowest BCUT2D eigenvalue weighted by atomic mass is 10.0. The molecule has 3 aliphatic rings. The Morgan fingerprint density at radius 3 is 2.36 bits per heavy atom. The van der Waals surface area contributed by atoms with Crippen LogP contribution in [0.25, 0.3) is 22.2 Å². The summed E-state index contributed by atoms with van der Waals surface area (Å²) < 4.78 is 43.0. The maximum absolute atomic E-state index is 14.6. The normalized spacial score (nSPS) is 18.7. The number of ether oxygens (including phenoxy) is 5. The molecule has 2 aromatic carbocycles. The van der Waals surface area contributed by atoms with Crippen LogP contribution >= 0.6 is 0 Å². The number of anilines is 1. The minimum atomic E-state index is -1.02. The van der Waals surface area contributed by atoms with E-state index in [1.54, 1.807) is 18.3 Å². The topological polar surface area (TPSA) is 178 Å². The summed E-state index contributed by atoms with van der Waals surface area (Å²) in [5.74, 6) is -1.19. The zero-order valence-corrected chi connectivity index (χ0v) is 32.8. The number of halogens is 1. The summed E-state index contributed by atoms with van der Waals surface area (Å²) in [6, 6.07) is 10.9. The molecule has 308 valence electrons. The molecule has 3 aliphatic heterocycles. The van der Waals surface area contributed by atoms with Gasteiger partial charge in [0.1, 0.15) is 29.9 Å². The minimum absolute atomic E-state index is 0.0594. The van der Waals surface area contributed by atoms with Crippen LogP contribution in [0.1, 0.15) is 54.3 Å². The first kappa shape index (κ1) is 40.7. The van der Waals surface area contributed by atoms with Gasteiger partial charge in [-0.3, -0.25) is 39.4 Å². The number of imide groups is 2. The Bertz CT molecular complexity index is 2150. The fourth-order valence-electron chi connectivity index (χ4n) is 7.34. The lowest BCUT2D eigenvalue weighted by Gasteiger charge is -2.40. The van der Waals surface area contributed by atoms with E-state index < -0.39 is 35.5 Å². The van der Waals surface area contributed by atoms with Crippen LogP contribution in [0.3, 0.4) is 0 Å². The smallest absolute Gasteiger partial charge is 0.262 e.